The third-order valence-electron chi connectivity index (χ3n) is 3.03. The molecule has 2 heterocycles. The lowest BCUT2D eigenvalue weighted by Crippen LogP contribution is -2.42. The quantitative estimate of drug-likeness (QED) is 0.718. The van der Waals surface area contributed by atoms with Crippen molar-refractivity contribution in [3.63, 3.8) is 0 Å². The summed E-state index contributed by atoms with van der Waals surface area (Å²) in [5.74, 6) is -0.0248. The molecule has 1 aromatic heterocycles. The van der Waals surface area contributed by atoms with Gasteiger partial charge in [-0.25, -0.2) is 4.79 Å². The van der Waals surface area contributed by atoms with Gasteiger partial charge in [0.2, 0.25) is 0 Å². The summed E-state index contributed by atoms with van der Waals surface area (Å²) in [5, 5.41) is 12.0. The second-order valence-corrected chi connectivity index (χ2v) is 4.50. The Balaban J connectivity index is 1.75. The van der Waals surface area contributed by atoms with E-state index in [1.54, 1.807) is 0 Å². The smallest absolute Gasteiger partial charge is 0.407 e. The van der Waals surface area contributed by atoms with Gasteiger partial charge in [-0.1, -0.05) is 5.16 Å². The van der Waals surface area contributed by atoms with E-state index >= 15 is 0 Å². The Morgan fingerprint density at radius 3 is 2.95 bits per heavy atom. The third kappa shape index (κ3) is 3.95. The molecule has 2 rings (SSSR count). The maximum Gasteiger partial charge on any atom is 0.407 e. The topological polar surface area (TPSA) is 105 Å². The van der Waals surface area contributed by atoms with E-state index in [0.29, 0.717) is 5.76 Å². The normalized spacial score (nSPS) is 15.7. The lowest BCUT2D eigenvalue weighted by Gasteiger charge is -2.23. The predicted octanol–water partition coefficient (Wildman–Crippen LogP) is 0.0124. The Morgan fingerprint density at radius 1 is 1.50 bits per heavy atom. The average Bonchev–Trinajstić information content (AvgIpc) is 2.94. The van der Waals surface area contributed by atoms with Crippen LogP contribution in [-0.4, -0.2) is 43.3 Å². The molecule has 0 aliphatic carbocycles. The van der Waals surface area contributed by atoms with Crippen LogP contribution in [-0.2, 0) is 11.3 Å². The van der Waals surface area contributed by atoms with Gasteiger partial charge in [0.15, 0.2) is 18.1 Å². The fraction of sp³-hybridized carbons (Fsp3) is 0.583. The molecule has 8 nitrogen and oxygen atoms in total. The van der Waals surface area contributed by atoms with Crippen molar-refractivity contribution in [2.45, 2.75) is 25.5 Å². The van der Waals surface area contributed by atoms with Crippen LogP contribution >= 0.6 is 0 Å². The fourth-order valence-electron chi connectivity index (χ4n) is 1.93. The molecular weight excluding hydrogens is 264 g/mol. The van der Waals surface area contributed by atoms with Gasteiger partial charge in [-0.15, -0.1) is 0 Å². The fourth-order valence-corrected chi connectivity index (χ4v) is 1.93. The number of piperidine rings is 1. The molecule has 0 atom stereocenters. The lowest BCUT2D eigenvalue weighted by atomic mass is 10.1. The number of nitrogens with zero attached hydrogens (tertiary/aromatic N) is 1. The number of hydrogen-bond acceptors (Lipinski definition) is 6. The molecule has 1 saturated heterocycles. The molecule has 1 aromatic rings. The number of amides is 2. The molecule has 0 aromatic carbocycles. The van der Waals surface area contributed by atoms with E-state index in [1.807, 2.05) is 0 Å². The molecule has 1 aliphatic heterocycles. The number of alkyl carbamates (subject to hydrolysis) is 1. The van der Waals surface area contributed by atoms with E-state index in [9.17, 15) is 9.59 Å². The maximum absolute atomic E-state index is 11.6. The van der Waals surface area contributed by atoms with E-state index in [1.165, 1.54) is 13.1 Å². The summed E-state index contributed by atoms with van der Waals surface area (Å²) in [6.07, 6.45) is 1.28. The summed E-state index contributed by atoms with van der Waals surface area (Å²) in [5.41, 5.74) is 0.157. The van der Waals surface area contributed by atoms with Crippen LogP contribution in [0.2, 0.25) is 0 Å². The van der Waals surface area contributed by atoms with Gasteiger partial charge in [0.1, 0.15) is 0 Å². The van der Waals surface area contributed by atoms with Crippen LogP contribution < -0.4 is 16.0 Å². The number of hydrogen-bond donors (Lipinski definition) is 3. The minimum absolute atomic E-state index is 0.0548. The molecule has 2 amide bonds. The second-order valence-electron chi connectivity index (χ2n) is 4.50. The second kappa shape index (κ2) is 6.90. The maximum atomic E-state index is 11.6. The molecule has 1 fully saturated rings. The van der Waals surface area contributed by atoms with Crippen LogP contribution in [0.5, 0.6) is 0 Å². The van der Waals surface area contributed by atoms with Crippen LogP contribution in [0.1, 0.15) is 29.1 Å². The highest BCUT2D eigenvalue weighted by atomic mass is 16.6. The van der Waals surface area contributed by atoms with Crippen LogP contribution in [0.4, 0.5) is 4.79 Å². The SMILES string of the molecule is CNC(=O)c1cc(COC(=O)NC2CCNCC2)on1. The highest BCUT2D eigenvalue weighted by Crippen LogP contribution is 2.06. The van der Waals surface area contributed by atoms with Gasteiger partial charge in [0, 0.05) is 19.2 Å². The Bertz CT molecular complexity index is 468. The van der Waals surface area contributed by atoms with Gasteiger partial charge < -0.3 is 25.2 Å². The molecule has 0 radical (unpaired) electrons. The molecule has 0 spiro atoms. The van der Waals surface area contributed by atoms with Crippen molar-refractivity contribution >= 4 is 12.0 Å². The van der Waals surface area contributed by atoms with Crippen LogP contribution in [0.15, 0.2) is 10.6 Å². The molecule has 0 unspecified atom stereocenters. The van der Waals surface area contributed by atoms with Crippen molar-refractivity contribution in [3.05, 3.63) is 17.5 Å². The summed E-state index contributed by atoms with van der Waals surface area (Å²) in [7, 11) is 1.50. The first kappa shape index (κ1) is 14.3. The number of ether oxygens (including phenoxy) is 1. The van der Waals surface area contributed by atoms with Gasteiger partial charge in [-0.05, 0) is 25.9 Å². The minimum Gasteiger partial charge on any atom is -0.441 e. The van der Waals surface area contributed by atoms with Crippen molar-refractivity contribution in [3.8, 4) is 0 Å². The average molecular weight is 282 g/mol. The Hall–Kier alpha value is -2.09. The molecule has 0 saturated carbocycles. The zero-order valence-corrected chi connectivity index (χ0v) is 11.3. The summed E-state index contributed by atoms with van der Waals surface area (Å²) in [6.45, 7) is 1.73. The Morgan fingerprint density at radius 2 is 2.25 bits per heavy atom. The number of carbonyl (C=O) groups excluding carboxylic acids is 2. The van der Waals surface area contributed by atoms with Gasteiger partial charge in [-0.3, -0.25) is 4.79 Å². The van der Waals surface area contributed by atoms with E-state index in [4.69, 9.17) is 9.26 Å². The van der Waals surface area contributed by atoms with Crippen molar-refractivity contribution in [1.82, 2.24) is 21.1 Å². The Labute approximate surface area is 116 Å². The predicted molar refractivity (Wildman–Crippen MR) is 69.1 cm³/mol. The highest BCUT2D eigenvalue weighted by molar-refractivity contribution is 5.91. The Kier molecular flexibility index (Phi) is 4.94. The van der Waals surface area contributed by atoms with E-state index < -0.39 is 6.09 Å². The van der Waals surface area contributed by atoms with Crippen molar-refractivity contribution in [1.29, 1.82) is 0 Å². The third-order valence-corrected chi connectivity index (χ3v) is 3.03. The molecular formula is C12H18N4O4. The molecule has 0 bridgehead atoms. The summed E-state index contributed by atoms with van der Waals surface area (Å²) in [4.78, 5) is 22.9. The zero-order valence-electron chi connectivity index (χ0n) is 11.3. The number of carbonyl (C=O) groups is 2. The van der Waals surface area contributed by atoms with E-state index in [2.05, 4.69) is 21.1 Å². The molecule has 1 aliphatic rings. The summed E-state index contributed by atoms with van der Waals surface area (Å²) >= 11 is 0. The van der Waals surface area contributed by atoms with Gasteiger partial charge >= 0.3 is 6.09 Å². The van der Waals surface area contributed by atoms with Gasteiger partial charge in [0.05, 0.1) is 0 Å². The largest absolute Gasteiger partial charge is 0.441 e. The first-order chi connectivity index (χ1) is 9.69. The lowest BCUT2D eigenvalue weighted by molar-refractivity contribution is 0.0952. The van der Waals surface area contributed by atoms with Gasteiger partial charge in [-0.2, -0.15) is 0 Å². The number of nitrogens with one attached hydrogen (secondary N) is 3. The molecule has 8 heteroatoms. The number of aromatic nitrogens is 1. The first-order valence-corrected chi connectivity index (χ1v) is 6.50. The summed E-state index contributed by atoms with van der Waals surface area (Å²) in [6, 6.07) is 1.58. The molecule has 3 N–H and O–H groups in total. The molecule has 20 heavy (non-hydrogen) atoms. The summed E-state index contributed by atoms with van der Waals surface area (Å²) < 4.78 is 9.92. The zero-order chi connectivity index (χ0) is 14.4. The highest BCUT2D eigenvalue weighted by Gasteiger charge is 2.17. The van der Waals surface area contributed by atoms with E-state index in [0.717, 1.165) is 25.9 Å². The minimum atomic E-state index is -0.491. The van der Waals surface area contributed by atoms with Crippen LogP contribution in [0.25, 0.3) is 0 Å². The standard InChI is InChI=1S/C12H18N4O4/c1-13-11(17)10-6-9(20-16-10)7-19-12(18)15-8-2-4-14-5-3-8/h6,8,14H,2-5,7H2,1H3,(H,13,17)(H,15,18). The van der Waals surface area contributed by atoms with Crippen molar-refractivity contribution in [2.75, 3.05) is 20.1 Å². The van der Waals surface area contributed by atoms with E-state index in [-0.39, 0.29) is 24.2 Å². The number of rotatable bonds is 4. The first-order valence-electron chi connectivity index (χ1n) is 6.50. The monoisotopic (exact) mass is 282 g/mol. The van der Waals surface area contributed by atoms with Gasteiger partial charge in [0.25, 0.3) is 5.91 Å². The van der Waals surface area contributed by atoms with Crippen molar-refractivity contribution in [2.24, 2.45) is 0 Å². The van der Waals surface area contributed by atoms with Crippen molar-refractivity contribution < 1.29 is 18.8 Å². The van der Waals surface area contributed by atoms with Crippen LogP contribution in [0.3, 0.4) is 0 Å². The molecule has 110 valence electrons. The van der Waals surface area contributed by atoms with Crippen LogP contribution in [0, 0.1) is 0 Å².